The zero-order chi connectivity index (χ0) is 20.4. The van der Waals surface area contributed by atoms with Gasteiger partial charge in [0.15, 0.2) is 0 Å². The van der Waals surface area contributed by atoms with Crippen molar-refractivity contribution in [3.05, 3.63) is 53.6 Å². The lowest BCUT2D eigenvalue weighted by atomic mass is 10.1. The number of methoxy groups -OCH3 is 1. The quantitative estimate of drug-likeness (QED) is 0.832. The van der Waals surface area contributed by atoms with Gasteiger partial charge in [0.25, 0.3) is 5.91 Å². The molecule has 27 heavy (non-hydrogen) atoms. The molecule has 1 N–H and O–H groups in total. The summed E-state index contributed by atoms with van der Waals surface area (Å²) >= 11 is 0. The van der Waals surface area contributed by atoms with Crippen LogP contribution in [-0.4, -0.2) is 34.7 Å². The minimum absolute atomic E-state index is 0.0328. The Kier molecular flexibility index (Phi) is 5.69. The molecule has 0 unspecified atom stereocenters. The van der Waals surface area contributed by atoms with E-state index in [1.807, 2.05) is 0 Å². The predicted molar refractivity (Wildman–Crippen MR) is 95.6 cm³/mol. The summed E-state index contributed by atoms with van der Waals surface area (Å²) in [4.78, 5) is 12.5. The Labute approximate surface area is 154 Å². The van der Waals surface area contributed by atoms with Crippen LogP contribution in [0, 0.1) is 0 Å². The van der Waals surface area contributed by atoms with Gasteiger partial charge in [-0.05, 0) is 42.5 Å². The maximum Gasteiger partial charge on any atom is 0.416 e. The minimum atomic E-state index is -4.48. The van der Waals surface area contributed by atoms with Crippen LogP contribution in [0.4, 0.5) is 24.5 Å². The van der Waals surface area contributed by atoms with Crippen LogP contribution in [0.2, 0.25) is 0 Å². The lowest BCUT2D eigenvalue weighted by molar-refractivity contribution is -0.137. The largest absolute Gasteiger partial charge is 0.496 e. The number of amides is 1. The Balaban J connectivity index is 2.32. The van der Waals surface area contributed by atoms with E-state index in [2.05, 4.69) is 5.32 Å². The molecule has 6 nitrogen and oxygen atoms in total. The molecule has 0 spiro atoms. The summed E-state index contributed by atoms with van der Waals surface area (Å²) in [5.41, 5.74) is -0.423. The van der Waals surface area contributed by atoms with E-state index in [1.54, 1.807) is 0 Å². The monoisotopic (exact) mass is 402 g/mol. The highest BCUT2D eigenvalue weighted by molar-refractivity contribution is 7.92. The predicted octanol–water partition coefficient (Wildman–Crippen LogP) is 3.36. The molecule has 2 rings (SSSR count). The Hall–Kier alpha value is -2.75. The second-order valence-corrected chi connectivity index (χ2v) is 7.66. The molecular formula is C17H17F3N2O4S. The molecule has 0 bridgehead atoms. The molecule has 0 fully saturated rings. The molecule has 0 aliphatic rings. The molecule has 0 aliphatic carbocycles. The molecule has 2 aromatic rings. The van der Waals surface area contributed by atoms with Crippen molar-refractivity contribution in [1.29, 1.82) is 0 Å². The molecule has 0 atom stereocenters. The summed E-state index contributed by atoms with van der Waals surface area (Å²) in [6.45, 7) is 0. The van der Waals surface area contributed by atoms with Crippen molar-refractivity contribution < 1.29 is 31.1 Å². The summed E-state index contributed by atoms with van der Waals surface area (Å²) in [5.74, 6) is -0.472. The Morgan fingerprint density at radius 1 is 1.11 bits per heavy atom. The zero-order valence-corrected chi connectivity index (χ0v) is 15.5. The van der Waals surface area contributed by atoms with E-state index in [-0.39, 0.29) is 22.7 Å². The van der Waals surface area contributed by atoms with E-state index in [0.29, 0.717) is 0 Å². The van der Waals surface area contributed by atoms with Gasteiger partial charge in [-0.1, -0.05) is 0 Å². The van der Waals surface area contributed by atoms with Gasteiger partial charge in [-0.15, -0.1) is 0 Å². The number of sulfonamides is 1. The first-order valence-corrected chi connectivity index (χ1v) is 9.39. The van der Waals surface area contributed by atoms with Crippen LogP contribution >= 0.6 is 0 Å². The lowest BCUT2D eigenvalue weighted by Crippen LogP contribution is -2.25. The van der Waals surface area contributed by atoms with Crippen molar-refractivity contribution in [3.8, 4) is 5.75 Å². The van der Waals surface area contributed by atoms with E-state index in [0.717, 1.165) is 34.8 Å². The molecule has 146 valence electrons. The van der Waals surface area contributed by atoms with Gasteiger partial charge < -0.3 is 10.1 Å². The Morgan fingerprint density at radius 2 is 1.70 bits per heavy atom. The van der Waals surface area contributed by atoms with Crippen LogP contribution < -0.4 is 14.4 Å². The smallest absolute Gasteiger partial charge is 0.416 e. The van der Waals surface area contributed by atoms with Gasteiger partial charge in [0.2, 0.25) is 10.0 Å². The summed E-state index contributed by atoms with van der Waals surface area (Å²) in [6.07, 6.45) is -3.46. The topological polar surface area (TPSA) is 75.7 Å². The molecule has 10 heteroatoms. The lowest BCUT2D eigenvalue weighted by Gasteiger charge is -2.18. The fourth-order valence-electron chi connectivity index (χ4n) is 2.20. The summed E-state index contributed by atoms with van der Waals surface area (Å²) in [5, 5.41) is 2.46. The van der Waals surface area contributed by atoms with Crippen LogP contribution in [0.3, 0.4) is 0 Å². The first-order chi connectivity index (χ1) is 12.4. The minimum Gasteiger partial charge on any atom is -0.496 e. The van der Waals surface area contributed by atoms with E-state index < -0.39 is 27.7 Å². The number of carbonyl (C=O) groups excluding carboxylic acids is 1. The van der Waals surface area contributed by atoms with Gasteiger partial charge >= 0.3 is 6.18 Å². The SMILES string of the molecule is COc1ccc(N(C)S(C)(=O)=O)cc1C(=O)Nc1ccc(C(F)(F)F)cc1. The first-order valence-electron chi connectivity index (χ1n) is 7.54. The number of nitrogens with one attached hydrogen (secondary N) is 1. The number of carbonyl (C=O) groups is 1. The summed E-state index contributed by atoms with van der Waals surface area (Å²) < 4.78 is 67.3. The maximum absolute atomic E-state index is 12.6. The summed E-state index contributed by atoms with van der Waals surface area (Å²) in [7, 11) is -0.876. The first kappa shape index (κ1) is 20.6. The molecular weight excluding hydrogens is 385 g/mol. The molecule has 0 saturated carbocycles. The van der Waals surface area contributed by atoms with Gasteiger partial charge in [-0.3, -0.25) is 9.10 Å². The number of halogens is 3. The fraction of sp³-hybridized carbons (Fsp3) is 0.235. The van der Waals surface area contributed by atoms with Crippen molar-refractivity contribution in [1.82, 2.24) is 0 Å². The van der Waals surface area contributed by atoms with Crippen LogP contribution in [0.15, 0.2) is 42.5 Å². The number of nitrogens with zero attached hydrogens (tertiary/aromatic N) is 1. The van der Waals surface area contributed by atoms with Crippen molar-refractivity contribution in [3.63, 3.8) is 0 Å². The number of hydrogen-bond acceptors (Lipinski definition) is 4. The average Bonchev–Trinajstić information content (AvgIpc) is 2.59. The second-order valence-electron chi connectivity index (χ2n) is 5.64. The van der Waals surface area contributed by atoms with E-state index >= 15 is 0 Å². The van der Waals surface area contributed by atoms with Crippen LogP contribution in [0.25, 0.3) is 0 Å². The fourth-order valence-corrected chi connectivity index (χ4v) is 2.70. The normalized spacial score (nSPS) is 11.8. The third-order valence-electron chi connectivity index (χ3n) is 3.76. The van der Waals surface area contributed by atoms with E-state index in [9.17, 15) is 26.4 Å². The number of rotatable bonds is 5. The zero-order valence-electron chi connectivity index (χ0n) is 14.7. The van der Waals surface area contributed by atoms with Gasteiger partial charge in [0.1, 0.15) is 5.75 Å². The molecule has 0 saturated heterocycles. The van der Waals surface area contributed by atoms with Crippen LogP contribution in [-0.2, 0) is 16.2 Å². The number of anilines is 2. The third-order valence-corrected chi connectivity index (χ3v) is 4.96. The highest BCUT2D eigenvalue weighted by atomic mass is 32.2. The van der Waals surface area contributed by atoms with Gasteiger partial charge in [-0.2, -0.15) is 13.2 Å². The van der Waals surface area contributed by atoms with Crippen LogP contribution in [0.5, 0.6) is 5.75 Å². The molecule has 2 aromatic carbocycles. The summed E-state index contributed by atoms with van der Waals surface area (Å²) in [6, 6.07) is 8.16. The molecule has 0 radical (unpaired) electrons. The average molecular weight is 402 g/mol. The van der Waals surface area contributed by atoms with E-state index in [4.69, 9.17) is 4.74 Å². The van der Waals surface area contributed by atoms with Gasteiger partial charge in [0, 0.05) is 12.7 Å². The van der Waals surface area contributed by atoms with Crippen molar-refractivity contribution in [2.45, 2.75) is 6.18 Å². The van der Waals surface area contributed by atoms with Crippen molar-refractivity contribution in [2.24, 2.45) is 0 Å². The number of alkyl halides is 3. The third kappa shape index (κ3) is 4.91. The highest BCUT2D eigenvalue weighted by Gasteiger charge is 2.30. The Morgan fingerprint density at radius 3 is 2.19 bits per heavy atom. The highest BCUT2D eigenvalue weighted by Crippen LogP contribution is 2.30. The van der Waals surface area contributed by atoms with Gasteiger partial charge in [-0.25, -0.2) is 8.42 Å². The molecule has 1 amide bonds. The number of benzene rings is 2. The standard InChI is InChI=1S/C17H17F3N2O4S/c1-22(27(3,24)25)13-8-9-15(26-2)14(10-13)16(23)21-12-6-4-11(5-7-12)17(18,19)20/h4-10H,1-3H3,(H,21,23). The van der Waals surface area contributed by atoms with E-state index in [1.165, 1.54) is 32.4 Å². The van der Waals surface area contributed by atoms with Crippen molar-refractivity contribution >= 4 is 27.3 Å². The molecule has 0 aromatic heterocycles. The second kappa shape index (κ2) is 7.47. The molecule has 0 heterocycles. The van der Waals surface area contributed by atoms with Crippen LogP contribution in [0.1, 0.15) is 15.9 Å². The molecule has 0 aliphatic heterocycles. The van der Waals surface area contributed by atoms with Crippen molar-refractivity contribution in [2.75, 3.05) is 30.0 Å². The van der Waals surface area contributed by atoms with Gasteiger partial charge in [0.05, 0.1) is 30.2 Å². The number of ether oxygens (including phenoxy) is 1. The Bertz CT molecular complexity index is 942. The maximum atomic E-state index is 12.6. The number of hydrogen-bond donors (Lipinski definition) is 1.